The van der Waals surface area contributed by atoms with Crippen LogP contribution in [0, 0.1) is 11.3 Å². The number of hydrogen-bond donors (Lipinski definition) is 1. The zero-order valence-electron chi connectivity index (χ0n) is 14.1. The van der Waals surface area contributed by atoms with Gasteiger partial charge in [0.15, 0.2) is 0 Å². The number of rotatable bonds is 3. The van der Waals surface area contributed by atoms with Gasteiger partial charge >= 0.3 is 29.6 Å². The predicted octanol–water partition coefficient (Wildman–Crippen LogP) is 5.05. The van der Waals surface area contributed by atoms with E-state index in [1.165, 1.54) is 6.07 Å². The van der Waals surface area contributed by atoms with E-state index in [2.05, 4.69) is 0 Å². The van der Waals surface area contributed by atoms with Gasteiger partial charge in [-0.05, 0) is 24.6 Å². The molecule has 0 spiro atoms. The van der Waals surface area contributed by atoms with Gasteiger partial charge in [0.25, 0.3) is 5.67 Å². The first-order valence-corrected chi connectivity index (χ1v) is 7.55. The second-order valence-corrected chi connectivity index (χ2v) is 6.82. The molecule has 1 fully saturated rings. The van der Waals surface area contributed by atoms with Crippen LogP contribution < -0.4 is 0 Å². The van der Waals surface area contributed by atoms with E-state index in [9.17, 15) is 53.4 Å². The summed E-state index contributed by atoms with van der Waals surface area (Å²) in [6, 6.07) is 4.94. The fourth-order valence-electron chi connectivity index (χ4n) is 3.01. The highest BCUT2D eigenvalue weighted by atomic mass is 19.4. The SMILES string of the molecule is CC(O)(CC1(F)C(F)(F)C(F)(F)C(F)(F)C(F)(F)C1(F)F)c1cccc(C#N)c1. The molecule has 1 aliphatic carbocycles. The molecule has 2 rings (SSSR count). The minimum absolute atomic E-state index is 0.319. The Hall–Kier alpha value is -2.10. The molecule has 1 N–H and O–H groups in total. The Morgan fingerprint density at radius 1 is 0.828 bits per heavy atom. The summed E-state index contributed by atoms with van der Waals surface area (Å²) in [7, 11) is 0. The fourth-order valence-corrected chi connectivity index (χ4v) is 3.01. The van der Waals surface area contributed by atoms with Crippen molar-refractivity contribution in [1.29, 1.82) is 5.26 Å². The molecule has 0 bridgehead atoms. The molecule has 13 heteroatoms. The minimum Gasteiger partial charge on any atom is -0.385 e. The highest BCUT2D eigenvalue weighted by Gasteiger charge is 3.01. The van der Waals surface area contributed by atoms with E-state index in [1.54, 1.807) is 0 Å². The van der Waals surface area contributed by atoms with E-state index in [0.717, 1.165) is 18.2 Å². The van der Waals surface area contributed by atoms with Crippen molar-refractivity contribution in [2.75, 3.05) is 0 Å². The lowest BCUT2D eigenvalue weighted by atomic mass is 9.67. The first-order chi connectivity index (χ1) is 12.7. The third kappa shape index (κ3) is 2.57. The molecule has 1 aromatic rings. The first-order valence-electron chi connectivity index (χ1n) is 7.55. The zero-order chi connectivity index (χ0) is 22.9. The number of hydrogen-bond acceptors (Lipinski definition) is 2. The molecule has 0 amide bonds. The predicted molar refractivity (Wildman–Crippen MR) is 73.9 cm³/mol. The van der Waals surface area contributed by atoms with E-state index in [1.807, 2.05) is 0 Å². The van der Waals surface area contributed by atoms with Crippen molar-refractivity contribution < 1.29 is 53.4 Å². The molecule has 29 heavy (non-hydrogen) atoms. The molecule has 0 radical (unpaired) electrons. The molecular weight excluding hydrogens is 431 g/mol. The van der Waals surface area contributed by atoms with Crippen molar-refractivity contribution >= 4 is 0 Å². The summed E-state index contributed by atoms with van der Waals surface area (Å²) in [4.78, 5) is 0. The number of benzene rings is 1. The number of nitriles is 1. The Bertz CT molecular complexity index is 827. The Kier molecular flexibility index (Phi) is 4.77. The number of halogens is 11. The molecule has 162 valence electrons. The number of alkyl halides is 11. The molecule has 1 atom stereocenters. The van der Waals surface area contributed by atoms with E-state index >= 15 is 0 Å². The molecule has 2 nitrogen and oxygen atoms in total. The average molecular weight is 441 g/mol. The lowest BCUT2D eigenvalue weighted by Crippen LogP contribution is -2.84. The summed E-state index contributed by atoms with van der Waals surface area (Å²) in [6.45, 7) is 0.333. The van der Waals surface area contributed by atoms with Gasteiger partial charge in [0, 0.05) is 6.42 Å². The monoisotopic (exact) mass is 441 g/mol. The van der Waals surface area contributed by atoms with Crippen LogP contribution >= 0.6 is 0 Å². The smallest absolute Gasteiger partial charge is 0.384 e. The summed E-state index contributed by atoms with van der Waals surface area (Å²) in [5.41, 5.74) is -10.7. The molecule has 0 aliphatic heterocycles. The summed E-state index contributed by atoms with van der Waals surface area (Å²) < 4.78 is 151. The van der Waals surface area contributed by atoms with Gasteiger partial charge in [0.2, 0.25) is 0 Å². The van der Waals surface area contributed by atoms with Crippen molar-refractivity contribution in [2.24, 2.45) is 0 Å². The van der Waals surface area contributed by atoms with Crippen LogP contribution in [0.15, 0.2) is 24.3 Å². The molecule has 1 unspecified atom stereocenters. The quantitative estimate of drug-likeness (QED) is 0.667. The largest absolute Gasteiger partial charge is 0.385 e. The molecule has 1 aliphatic rings. The van der Waals surface area contributed by atoms with Crippen molar-refractivity contribution in [3.8, 4) is 6.07 Å². The third-order valence-corrected chi connectivity index (χ3v) is 4.77. The van der Waals surface area contributed by atoms with Crippen LogP contribution in [-0.2, 0) is 5.60 Å². The van der Waals surface area contributed by atoms with Gasteiger partial charge in [-0.1, -0.05) is 12.1 Å². The summed E-state index contributed by atoms with van der Waals surface area (Å²) in [5.74, 6) is -35.8. The third-order valence-electron chi connectivity index (χ3n) is 4.77. The van der Waals surface area contributed by atoms with E-state index < -0.39 is 52.9 Å². The summed E-state index contributed by atoms with van der Waals surface area (Å²) in [5, 5.41) is 18.9. The molecule has 0 heterocycles. The average Bonchev–Trinajstić information content (AvgIpc) is 2.59. The van der Waals surface area contributed by atoms with Crippen LogP contribution in [0.1, 0.15) is 24.5 Å². The van der Waals surface area contributed by atoms with Crippen LogP contribution in [0.5, 0.6) is 0 Å². The van der Waals surface area contributed by atoms with Gasteiger partial charge < -0.3 is 5.11 Å². The second kappa shape index (κ2) is 5.96. The fraction of sp³-hybridized carbons (Fsp3) is 0.562. The van der Waals surface area contributed by atoms with Crippen molar-refractivity contribution in [1.82, 2.24) is 0 Å². The lowest BCUT2D eigenvalue weighted by molar-refractivity contribution is -0.488. The van der Waals surface area contributed by atoms with Crippen molar-refractivity contribution in [3.05, 3.63) is 35.4 Å². The normalized spacial score (nSPS) is 27.4. The van der Waals surface area contributed by atoms with E-state index in [0.29, 0.717) is 13.0 Å². The maximum atomic E-state index is 14.8. The van der Waals surface area contributed by atoms with Crippen LogP contribution in [0.4, 0.5) is 48.3 Å². The second-order valence-electron chi connectivity index (χ2n) is 6.82. The molecule has 1 saturated carbocycles. The van der Waals surface area contributed by atoms with Gasteiger partial charge in [-0.15, -0.1) is 0 Å². The zero-order valence-corrected chi connectivity index (χ0v) is 14.1. The minimum atomic E-state index is -7.31. The maximum absolute atomic E-state index is 14.8. The van der Waals surface area contributed by atoms with Gasteiger partial charge in [-0.2, -0.15) is 49.2 Å². The Balaban J connectivity index is 2.72. The van der Waals surface area contributed by atoms with Crippen LogP contribution in [0.25, 0.3) is 0 Å². The maximum Gasteiger partial charge on any atom is 0.384 e. The Labute approximate surface area is 155 Å². The van der Waals surface area contributed by atoms with Crippen molar-refractivity contribution in [3.63, 3.8) is 0 Å². The van der Waals surface area contributed by atoms with Crippen LogP contribution in [-0.4, -0.2) is 40.4 Å². The Morgan fingerprint density at radius 3 is 1.66 bits per heavy atom. The molecule has 0 aromatic heterocycles. The topological polar surface area (TPSA) is 44.0 Å². The lowest BCUT2D eigenvalue weighted by Gasteiger charge is -2.53. The standard InChI is InChI=1S/C16H10F11NO/c1-10(29,9-4-2-3-8(5-9)6-28)7-11(17)12(18,19)14(22,23)16(26,27)15(24,25)13(11,20)21/h2-5,29H,7H2,1H3. The summed E-state index contributed by atoms with van der Waals surface area (Å²) >= 11 is 0. The van der Waals surface area contributed by atoms with Gasteiger partial charge in [0.1, 0.15) is 0 Å². The summed E-state index contributed by atoms with van der Waals surface area (Å²) in [6.07, 6.45) is -2.82. The van der Waals surface area contributed by atoms with Crippen LogP contribution in [0.2, 0.25) is 0 Å². The Morgan fingerprint density at radius 2 is 1.24 bits per heavy atom. The number of aliphatic hydroxyl groups is 1. The van der Waals surface area contributed by atoms with Gasteiger partial charge in [-0.25, -0.2) is 4.39 Å². The molecule has 0 saturated heterocycles. The highest BCUT2D eigenvalue weighted by molar-refractivity contribution is 5.36. The van der Waals surface area contributed by atoms with E-state index in [4.69, 9.17) is 5.26 Å². The highest BCUT2D eigenvalue weighted by Crippen LogP contribution is 2.71. The van der Waals surface area contributed by atoms with Crippen molar-refractivity contribution in [2.45, 2.75) is 54.2 Å². The molecule has 1 aromatic carbocycles. The van der Waals surface area contributed by atoms with Gasteiger partial charge in [0.05, 0.1) is 17.2 Å². The number of nitrogens with zero attached hydrogens (tertiary/aromatic N) is 1. The first kappa shape index (κ1) is 23.2. The van der Waals surface area contributed by atoms with Crippen LogP contribution in [0.3, 0.4) is 0 Å². The van der Waals surface area contributed by atoms with E-state index in [-0.39, 0.29) is 5.56 Å². The molecular formula is C16H10F11NO. The van der Waals surface area contributed by atoms with Gasteiger partial charge in [-0.3, -0.25) is 0 Å².